The average Bonchev–Trinajstić information content (AvgIpc) is 2.51. The Hall–Kier alpha value is -1.39. The summed E-state index contributed by atoms with van der Waals surface area (Å²) >= 11 is 0. The van der Waals surface area contributed by atoms with Crippen molar-refractivity contribution in [3.63, 3.8) is 0 Å². The lowest BCUT2D eigenvalue weighted by molar-refractivity contribution is -0.124. The quantitative estimate of drug-likeness (QED) is 0.764. The number of hydrogen-bond donors (Lipinski definition) is 3. The van der Waals surface area contributed by atoms with Crippen LogP contribution in [-0.2, 0) is 11.2 Å². The van der Waals surface area contributed by atoms with E-state index in [1.54, 1.807) is 0 Å². The fourth-order valence-electron chi connectivity index (χ4n) is 2.59. The molecule has 0 radical (unpaired) electrons. The second-order valence-corrected chi connectivity index (χ2v) is 5.49. The predicted octanol–water partition coefficient (Wildman–Crippen LogP) is 1.54. The van der Waals surface area contributed by atoms with Crippen LogP contribution in [0.15, 0.2) is 24.3 Å². The Labute approximate surface area is 120 Å². The molecule has 1 atom stereocenters. The van der Waals surface area contributed by atoms with Crippen molar-refractivity contribution in [2.24, 2.45) is 0 Å². The summed E-state index contributed by atoms with van der Waals surface area (Å²) in [4.78, 5) is 12.4. The molecular weight excluding hydrogens is 252 g/mol. The molecule has 0 fully saturated rings. The van der Waals surface area contributed by atoms with Gasteiger partial charge in [0.1, 0.15) is 6.04 Å². The monoisotopic (exact) mass is 276 g/mol. The van der Waals surface area contributed by atoms with Gasteiger partial charge < -0.3 is 15.7 Å². The second kappa shape index (κ2) is 6.37. The zero-order valence-corrected chi connectivity index (χ0v) is 12.3. The van der Waals surface area contributed by atoms with Gasteiger partial charge in [-0.05, 0) is 30.4 Å². The molecule has 0 saturated heterocycles. The summed E-state index contributed by atoms with van der Waals surface area (Å²) in [5, 5.41) is 16.4. The van der Waals surface area contributed by atoms with Crippen LogP contribution in [0.2, 0.25) is 0 Å². The van der Waals surface area contributed by atoms with Crippen molar-refractivity contribution >= 4 is 5.91 Å². The van der Waals surface area contributed by atoms with Crippen LogP contribution in [0.3, 0.4) is 0 Å². The van der Waals surface area contributed by atoms with Gasteiger partial charge in [-0.25, -0.2) is 0 Å². The summed E-state index contributed by atoms with van der Waals surface area (Å²) in [6.07, 6.45) is 2.23. The van der Waals surface area contributed by atoms with E-state index in [4.69, 9.17) is 0 Å². The third kappa shape index (κ3) is 3.19. The smallest absolute Gasteiger partial charge is 0.241 e. The molecule has 0 aliphatic carbocycles. The molecule has 1 aromatic rings. The highest BCUT2D eigenvalue weighted by molar-refractivity contribution is 5.84. The molecule has 3 N–H and O–H groups in total. The molecule has 0 bridgehead atoms. The normalized spacial score (nSPS) is 18.4. The van der Waals surface area contributed by atoms with Gasteiger partial charge in [0.15, 0.2) is 0 Å². The van der Waals surface area contributed by atoms with Crippen molar-refractivity contribution in [1.82, 2.24) is 10.6 Å². The molecule has 0 spiro atoms. The van der Waals surface area contributed by atoms with E-state index in [-0.39, 0.29) is 11.9 Å². The van der Waals surface area contributed by atoms with Gasteiger partial charge in [-0.3, -0.25) is 4.79 Å². The van der Waals surface area contributed by atoms with E-state index in [0.717, 1.165) is 18.5 Å². The van der Waals surface area contributed by atoms with Crippen LogP contribution < -0.4 is 10.6 Å². The molecule has 4 nitrogen and oxygen atoms in total. The number of benzene rings is 1. The first-order chi connectivity index (χ1) is 9.59. The SMILES string of the molecule is CCC(O)(CC)CNC(=O)C1NCCc2ccccc21. The lowest BCUT2D eigenvalue weighted by atomic mass is 9.93. The standard InChI is InChI=1S/C16H24N2O2/c1-3-16(20,4-2)11-18-15(19)14-13-8-6-5-7-12(13)9-10-17-14/h5-8,14,17,20H,3-4,9-11H2,1-2H3,(H,18,19). The Morgan fingerprint density at radius 3 is 2.80 bits per heavy atom. The van der Waals surface area contributed by atoms with E-state index in [1.165, 1.54) is 5.56 Å². The molecule has 1 heterocycles. The predicted molar refractivity (Wildman–Crippen MR) is 79.4 cm³/mol. The Morgan fingerprint density at radius 1 is 1.40 bits per heavy atom. The molecule has 4 heteroatoms. The lowest BCUT2D eigenvalue weighted by Crippen LogP contribution is -2.47. The minimum Gasteiger partial charge on any atom is -0.388 e. The molecule has 0 aromatic heterocycles. The molecule has 2 rings (SSSR count). The topological polar surface area (TPSA) is 61.4 Å². The summed E-state index contributed by atoms with van der Waals surface area (Å²) < 4.78 is 0. The first-order valence-corrected chi connectivity index (χ1v) is 7.41. The van der Waals surface area contributed by atoms with E-state index in [9.17, 15) is 9.90 Å². The van der Waals surface area contributed by atoms with Crippen LogP contribution in [-0.4, -0.2) is 29.7 Å². The highest BCUT2D eigenvalue weighted by Crippen LogP contribution is 2.23. The first-order valence-electron chi connectivity index (χ1n) is 7.41. The summed E-state index contributed by atoms with van der Waals surface area (Å²) in [6.45, 7) is 4.98. The second-order valence-electron chi connectivity index (χ2n) is 5.49. The average molecular weight is 276 g/mol. The van der Waals surface area contributed by atoms with Crippen molar-refractivity contribution in [2.75, 3.05) is 13.1 Å². The molecule has 0 saturated carbocycles. The van der Waals surface area contributed by atoms with Crippen LogP contribution in [0.4, 0.5) is 0 Å². The van der Waals surface area contributed by atoms with Crippen molar-refractivity contribution in [1.29, 1.82) is 0 Å². The maximum absolute atomic E-state index is 12.4. The molecule has 1 aliphatic rings. The van der Waals surface area contributed by atoms with E-state index in [0.29, 0.717) is 19.4 Å². The summed E-state index contributed by atoms with van der Waals surface area (Å²) in [5.74, 6) is -0.0579. The fraction of sp³-hybridized carbons (Fsp3) is 0.562. The van der Waals surface area contributed by atoms with Gasteiger partial charge in [0.05, 0.1) is 5.60 Å². The molecular formula is C16H24N2O2. The number of carbonyl (C=O) groups excluding carboxylic acids is 1. The number of fused-ring (bicyclic) bond motifs is 1. The molecule has 1 amide bonds. The van der Waals surface area contributed by atoms with E-state index < -0.39 is 5.60 Å². The molecule has 20 heavy (non-hydrogen) atoms. The fourth-order valence-corrected chi connectivity index (χ4v) is 2.59. The third-order valence-corrected chi connectivity index (χ3v) is 4.28. The first kappa shape index (κ1) is 15.0. The van der Waals surface area contributed by atoms with Gasteiger partial charge in [0.25, 0.3) is 0 Å². The summed E-state index contributed by atoms with van der Waals surface area (Å²) in [6, 6.07) is 7.73. The maximum Gasteiger partial charge on any atom is 0.241 e. The Balaban J connectivity index is 2.04. The third-order valence-electron chi connectivity index (χ3n) is 4.28. The van der Waals surface area contributed by atoms with Crippen molar-refractivity contribution in [3.8, 4) is 0 Å². The number of aliphatic hydroxyl groups is 1. The van der Waals surface area contributed by atoms with Crippen LogP contribution in [0.25, 0.3) is 0 Å². The van der Waals surface area contributed by atoms with Crippen LogP contribution in [0.5, 0.6) is 0 Å². The number of rotatable bonds is 5. The molecule has 1 aromatic carbocycles. The van der Waals surface area contributed by atoms with Crippen molar-refractivity contribution in [2.45, 2.75) is 44.8 Å². The largest absolute Gasteiger partial charge is 0.388 e. The highest BCUT2D eigenvalue weighted by Gasteiger charge is 2.28. The number of hydrogen-bond acceptors (Lipinski definition) is 3. The molecule has 1 unspecified atom stereocenters. The Bertz CT molecular complexity index is 469. The van der Waals surface area contributed by atoms with Crippen LogP contribution in [0, 0.1) is 0 Å². The minimum absolute atomic E-state index is 0.0579. The summed E-state index contributed by atoms with van der Waals surface area (Å²) in [7, 11) is 0. The number of amides is 1. The minimum atomic E-state index is -0.802. The Kier molecular flexibility index (Phi) is 4.78. The van der Waals surface area contributed by atoms with Gasteiger partial charge in [0.2, 0.25) is 5.91 Å². The van der Waals surface area contributed by atoms with E-state index >= 15 is 0 Å². The lowest BCUT2D eigenvalue weighted by Gasteiger charge is -2.29. The maximum atomic E-state index is 12.4. The highest BCUT2D eigenvalue weighted by atomic mass is 16.3. The molecule has 1 aliphatic heterocycles. The van der Waals surface area contributed by atoms with E-state index in [2.05, 4.69) is 16.7 Å². The summed E-state index contributed by atoms with van der Waals surface area (Å²) in [5.41, 5.74) is 1.48. The van der Waals surface area contributed by atoms with Crippen molar-refractivity contribution < 1.29 is 9.90 Å². The van der Waals surface area contributed by atoms with Crippen LogP contribution in [0.1, 0.15) is 43.9 Å². The molecule has 110 valence electrons. The zero-order valence-electron chi connectivity index (χ0n) is 12.3. The Morgan fingerprint density at radius 2 is 2.10 bits per heavy atom. The zero-order chi connectivity index (χ0) is 14.6. The van der Waals surface area contributed by atoms with Gasteiger partial charge in [-0.2, -0.15) is 0 Å². The van der Waals surface area contributed by atoms with Gasteiger partial charge >= 0.3 is 0 Å². The van der Waals surface area contributed by atoms with Gasteiger partial charge in [0, 0.05) is 13.1 Å². The van der Waals surface area contributed by atoms with E-state index in [1.807, 2.05) is 32.0 Å². The number of carbonyl (C=O) groups is 1. The van der Waals surface area contributed by atoms with Gasteiger partial charge in [-0.1, -0.05) is 38.1 Å². The van der Waals surface area contributed by atoms with Gasteiger partial charge in [-0.15, -0.1) is 0 Å². The van der Waals surface area contributed by atoms with Crippen LogP contribution >= 0.6 is 0 Å². The number of nitrogens with one attached hydrogen (secondary N) is 2. The van der Waals surface area contributed by atoms with Crippen molar-refractivity contribution in [3.05, 3.63) is 35.4 Å².